The Labute approximate surface area is 267 Å². The molecule has 2 amide bonds. The van der Waals surface area contributed by atoms with Gasteiger partial charge in [0, 0.05) is 21.1 Å². The van der Waals surface area contributed by atoms with Gasteiger partial charge in [0.05, 0.1) is 29.7 Å². The van der Waals surface area contributed by atoms with E-state index in [9.17, 15) is 14.4 Å². The molecule has 10 heteroatoms. The number of carbonyl (C=O) groups excluding carboxylic acids is 2. The van der Waals surface area contributed by atoms with E-state index >= 15 is 0 Å². The number of thioether (sulfide) groups is 1. The van der Waals surface area contributed by atoms with Crippen molar-refractivity contribution >= 4 is 52.2 Å². The molecule has 0 spiro atoms. The van der Waals surface area contributed by atoms with Crippen LogP contribution in [-0.4, -0.2) is 29.2 Å². The lowest BCUT2D eigenvalue weighted by Gasteiger charge is -2.43. The van der Waals surface area contributed by atoms with E-state index in [0.29, 0.717) is 28.8 Å². The molecule has 3 aromatic carbocycles. The number of ether oxygens (including phenoxy) is 2. The predicted molar refractivity (Wildman–Crippen MR) is 171 cm³/mol. The second kappa shape index (κ2) is 10.5. The lowest BCUT2D eigenvalue weighted by Crippen LogP contribution is -2.42. The number of methoxy groups -OCH3 is 1. The van der Waals surface area contributed by atoms with Crippen LogP contribution in [0.25, 0.3) is 0 Å². The van der Waals surface area contributed by atoms with Crippen molar-refractivity contribution in [1.82, 2.24) is 4.98 Å². The Morgan fingerprint density at radius 3 is 2.48 bits per heavy atom. The van der Waals surface area contributed by atoms with Crippen LogP contribution in [-0.2, 0) is 16.2 Å². The lowest BCUT2D eigenvalue weighted by atomic mass is 9.68. The summed E-state index contributed by atoms with van der Waals surface area (Å²) in [7, 11) is 1.63. The first-order chi connectivity index (χ1) is 21.3. The van der Waals surface area contributed by atoms with Crippen LogP contribution in [0.1, 0.15) is 33.9 Å². The second-order valence-electron chi connectivity index (χ2n) is 12.1. The SMILES string of the molecule is COc1cc(C2c3sc(=O)[nH]c3SC3C2[C@H]2C[C@@H]3C3C(=O)N(c4ccc(Cl)cc4)C(=O)C32)ccc1OCc1cccc(C)c1. The van der Waals surface area contributed by atoms with Gasteiger partial charge in [-0.25, -0.2) is 0 Å². The highest BCUT2D eigenvalue weighted by molar-refractivity contribution is 8.00. The van der Waals surface area contributed by atoms with Crippen LogP contribution < -0.4 is 19.2 Å². The van der Waals surface area contributed by atoms with E-state index in [-0.39, 0.29) is 57.4 Å². The van der Waals surface area contributed by atoms with Crippen molar-refractivity contribution in [3.05, 3.63) is 103 Å². The van der Waals surface area contributed by atoms with Crippen LogP contribution in [0.3, 0.4) is 0 Å². The molecule has 8 rings (SSSR count). The molecule has 2 bridgehead atoms. The average Bonchev–Trinajstić information content (AvgIpc) is 3.75. The van der Waals surface area contributed by atoms with E-state index in [4.69, 9.17) is 21.1 Å². The number of fused-ring (bicyclic) bond motifs is 9. The molecule has 224 valence electrons. The zero-order valence-corrected chi connectivity index (χ0v) is 26.4. The van der Waals surface area contributed by atoms with Crippen molar-refractivity contribution in [2.45, 2.75) is 36.1 Å². The minimum Gasteiger partial charge on any atom is -0.493 e. The number of nitrogens with one attached hydrogen (secondary N) is 1. The molecular weight excluding hydrogens is 616 g/mol. The topological polar surface area (TPSA) is 88.7 Å². The number of thiazole rings is 1. The van der Waals surface area contributed by atoms with E-state index in [0.717, 1.165) is 27.5 Å². The fourth-order valence-electron chi connectivity index (χ4n) is 8.19. The van der Waals surface area contributed by atoms with Crippen molar-refractivity contribution in [3.63, 3.8) is 0 Å². The molecule has 3 fully saturated rings. The molecule has 3 heterocycles. The number of aryl methyl sites for hydroxylation is 1. The minimum atomic E-state index is -0.372. The van der Waals surface area contributed by atoms with Crippen molar-refractivity contribution in [1.29, 1.82) is 0 Å². The molecule has 2 saturated carbocycles. The molecule has 7 nitrogen and oxygen atoms in total. The Bertz CT molecular complexity index is 1870. The average molecular weight is 645 g/mol. The molecule has 2 aliphatic carbocycles. The van der Waals surface area contributed by atoms with Gasteiger partial charge in [0.15, 0.2) is 11.5 Å². The molecule has 2 aliphatic heterocycles. The van der Waals surface area contributed by atoms with Crippen molar-refractivity contribution < 1.29 is 19.1 Å². The summed E-state index contributed by atoms with van der Waals surface area (Å²) in [5.41, 5.74) is 3.84. The third-order valence-corrected chi connectivity index (χ3v) is 12.7. The smallest absolute Gasteiger partial charge is 0.305 e. The summed E-state index contributed by atoms with van der Waals surface area (Å²) < 4.78 is 12.0. The number of hydrogen-bond acceptors (Lipinski definition) is 7. The number of hydrogen-bond donors (Lipinski definition) is 1. The number of aromatic nitrogens is 1. The van der Waals surface area contributed by atoms with E-state index in [1.807, 2.05) is 24.3 Å². The van der Waals surface area contributed by atoms with Gasteiger partial charge in [0.1, 0.15) is 6.61 Å². The minimum absolute atomic E-state index is 0.0230. The number of rotatable bonds is 6. The number of imide groups is 1. The summed E-state index contributed by atoms with van der Waals surface area (Å²) in [6.45, 7) is 2.47. The van der Waals surface area contributed by atoms with Crippen LogP contribution in [0, 0.1) is 36.5 Å². The molecule has 4 aromatic rings. The Morgan fingerprint density at radius 2 is 1.73 bits per heavy atom. The van der Waals surface area contributed by atoms with Gasteiger partial charge in [-0.15, -0.1) is 11.8 Å². The van der Waals surface area contributed by atoms with Gasteiger partial charge in [0.25, 0.3) is 0 Å². The van der Waals surface area contributed by atoms with E-state index in [1.165, 1.54) is 21.8 Å². The molecule has 1 saturated heterocycles. The number of carbonyl (C=O) groups is 2. The molecular formula is C34H29ClN2O5S2. The van der Waals surface area contributed by atoms with E-state index < -0.39 is 0 Å². The summed E-state index contributed by atoms with van der Waals surface area (Å²) in [4.78, 5) is 45.8. The third kappa shape index (κ3) is 4.27. The standard InChI is InChI=1S/C34H29ClN2O5S2/c1-16-4-3-5-17(12-16)15-42-23-11-6-18(13-24(23)41-2)25-26-21-14-22(29(26)43-31-30(25)44-34(40)36-31)28-27(21)32(38)37(33(28)39)20-9-7-19(35)8-10-20/h3-13,21-22,25-29H,14-15H2,1-2H3,(H,36,40)/t21-,22-,25?,26?,27?,28?,29?/m1/s1. The highest BCUT2D eigenvalue weighted by Gasteiger charge is 2.69. The Morgan fingerprint density at radius 1 is 0.955 bits per heavy atom. The first-order valence-electron chi connectivity index (χ1n) is 14.7. The second-order valence-corrected chi connectivity index (χ2v) is 14.8. The molecule has 1 aromatic heterocycles. The van der Waals surface area contributed by atoms with Gasteiger partial charge in [-0.1, -0.05) is 58.8 Å². The number of benzene rings is 3. The first-order valence-corrected chi connectivity index (χ1v) is 16.8. The highest BCUT2D eigenvalue weighted by atomic mass is 35.5. The monoisotopic (exact) mass is 644 g/mol. The maximum absolute atomic E-state index is 14.0. The van der Waals surface area contributed by atoms with Crippen molar-refractivity contribution in [2.24, 2.45) is 29.6 Å². The van der Waals surface area contributed by atoms with Crippen LogP contribution in [0.5, 0.6) is 11.5 Å². The molecule has 44 heavy (non-hydrogen) atoms. The lowest BCUT2D eigenvalue weighted by molar-refractivity contribution is -0.123. The third-order valence-electron chi connectivity index (χ3n) is 9.83. The van der Waals surface area contributed by atoms with Gasteiger partial charge in [-0.05, 0) is 78.6 Å². The van der Waals surface area contributed by atoms with Gasteiger partial charge in [-0.3, -0.25) is 19.3 Å². The van der Waals surface area contributed by atoms with E-state index in [2.05, 4.69) is 30.1 Å². The summed E-state index contributed by atoms with van der Waals surface area (Å²) >= 11 is 9.02. The highest BCUT2D eigenvalue weighted by Crippen LogP contribution is 2.68. The van der Waals surface area contributed by atoms with Gasteiger partial charge in [-0.2, -0.15) is 0 Å². The van der Waals surface area contributed by atoms with Gasteiger partial charge >= 0.3 is 4.87 Å². The maximum Gasteiger partial charge on any atom is 0.305 e. The zero-order valence-electron chi connectivity index (χ0n) is 24.0. The Balaban J connectivity index is 1.15. The van der Waals surface area contributed by atoms with Crippen LogP contribution in [0.2, 0.25) is 5.02 Å². The van der Waals surface area contributed by atoms with E-state index in [1.54, 1.807) is 43.1 Å². The number of amides is 2. The molecule has 0 radical (unpaired) electrons. The summed E-state index contributed by atoms with van der Waals surface area (Å²) in [6.07, 6.45) is 0.827. The first kappa shape index (κ1) is 28.0. The largest absolute Gasteiger partial charge is 0.493 e. The molecule has 7 atom stereocenters. The summed E-state index contributed by atoms with van der Waals surface area (Å²) in [5.74, 6) is 0.358. The Hall–Kier alpha value is -3.53. The van der Waals surface area contributed by atoms with Crippen LogP contribution >= 0.6 is 34.7 Å². The fourth-order valence-corrected chi connectivity index (χ4v) is 11.2. The van der Waals surface area contributed by atoms with Crippen LogP contribution in [0.4, 0.5) is 5.69 Å². The van der Waals surface area contributed by atoms with Gasteiger partial charge in [0.2, 0.25) is 11.8 Å². The number of nitrogens with zero attached hydrogens (tertiary/aromatic N) is 1. The quantitative estimate of drug-likeness (QED) is 0.236. The molecule has 1 N–H and O–H groups in total. The fraction of sp³-hybridized carbons (Fsp3) is 0.324. The zero-order chi connectivity index (χ0) is 30.3. The van der Waals surface area contributed by atoms with Crippen LogP contribution in [0.15, 0.2) is 76.6 Å². The molecule has 5 unspecified atom stereocenters. The number of H-pyrrole nitrogens is 1. The van der Waals surface area contributed by atoms with Crippen molar-refractivity contribution in [2.75, 3.05) is 12.0 Å². The summed E-state index contributed by atoms with van der Waals surface area (Å²) in [6, 6.07) is 21.1. The predicted octanol–water partition coefficient (Wildman–Crippen LogP) is 6.66. The number of anilines is 1. The Kier molecular flexibility index (Phi) is 6.70. The maximum atomic E-state index is 14.0. The molecule has 4 aliphatic rings. The van der Waals surface area contributed by atoms with Gasteiger partial charge < -0.3 is 14.5 Å². The number of aromatic amines is 1. The number of halogens is 1. The summed E-state index contributed by atoms with van der Waals surface area (Å²) in [5, 5.41) is 1.54. The normalized spacial score (nSPS) is 28.2. The van der Waals surface area contributed by atoms with Crippen molar-refractivity contribution in [3.8, 4) is 11.5 Å².